The summed E-state index contributed by atoms with van der Waals surface area (Å²) in [7, 11) is 0. The predicted molar refractivity (Wildman–Crippen MR) is 182 cm³/mol. The number of fused-ring (bicyclic) bond motifs is 5. The van der Waals surface area contributed by atoms with Crippen LogP contribution in [-0.4, -0.2) is 15.0 Å². The van der Waals surface area contributed by atoms with Gasteiger partial charge in [0.15, 0.2) is 5.58 Å². The van der Waals surface area contributed by atoms with E-state index in [9.17, 15) is 0 Å². The molecule has 4 nitrogen and oxygen atoms in total. The van der Waals surface area contributed by atoms with Crippen LogP contribution in [0.25, 0.3) is 87.4 Å². The molecule has 206 valence electrons. The molecule has 0 spiro atoms. The van der Waals surface area contributed by atoms with Gasteiger partial charge >= 0.3 is 0 Å². The van der Waals surface area contributed by atoms with Gasteiger partial charge in [-0.15, -0.1) is 11.3 Å². The van der Waals surface area contributed by atoms with Crippen LogP contribution in [0.3, 0.4) is 0 Å². The Hall–Kier alpha value is -5.65. The molecule has 5 heteroatoms. The van der Waals surface area contributed by atoms with Crippen molar-refractivity contribution < 1.29 is 4.42 Å². The number of hydrogen-bond acceptors (Lipinski definition) is 5. The van der Waals surface area contributed by atoms with Crippen LogP contribution in [-0.2, 0) is 0 Å². The second-order valence-electron chi connectivity index (χ2n) is 10.9. The van der Waals surface area contributed by atoms with Crippen LogP contribution in [0.2, 0.25) is 0 Å². The third kappa shape index (κ3) is 4.17. The van der Waals surface area contributed by atoms with E-state index in [0.717, 1.165) is 71.4 Å². The van der Waals surface area contributed by atoms with Crippen LogP contribution >= 0.6 is 11.3 Å². The smallest absolute Gasteiger partial charge is 0.227 e. The van der Waals surface area contributed by atoms with Crippen molar-refractivity contribution in [2.24, 2.45) is 0 Å². The first kappa shape index (κ1) is 24.9. The molecule has 44 heavy (non-hydrogen) atoms. The van der Waals surface area contributed by atoms with Crippen LogP contribution in [0.5, 0.6) is 0 Å². The average Bonchev–Trinajstić information content (AvgIpc) is 3.73. The third-order valence-electron chi connectivity index (χ3n) is 8.12. The van der Waals surface area contributed by atoms with E-state index in [1.54, 1.807) is 11.3 Å². The van der Waals surface area contributed by atoms with Gasteiger partial charge in [-0.25, -0.2) is 15.0 Å². The van der Waals surface area contributed by atoms with Gasteiger partial charge < -0.3 is 4.42 Å². The number of thiazole rings is 1. The van der Waals surface area contributed by atoms with Crippen LogP contribution in [0.4, 0.5) is 0 Å². The molecule has 0 aliphatic rings. The molecule has 0 unspecified atom stereocenters. The molecule has 0 fully saturated rings. The molecule has 6 aromatic carbocycles. The normalized spacial score (nSPS) is 11.6. The van der Waals surface area contributed by atoms with Gasteiger partial charge in [-0.05, 0) is 77.2 Å². The van der Waals surface area contributed by atoms with Crippen LogP contribution in [0.15, 0.2) is 144 Å². The lowest BCUT2D eigenvalue weighted by atomic mass is 9.94. The predicted octanol–water partition coefficient (Wildman–Crippen LogP) is 10.8. The van der Waals surface area contributed by atoms with Gasteiger partial charge in [-0.2, -0.15) is 0 Å². The Morgan fingerprint density at radius 3 is 1.89 bits per heavy atom. The van der Waals surface area contributed by atoms with Gasteiger partial charge in [0.05, 0.1) is 21.4 Å². The van der Waals surface area contributed by atoms with Crippen molar-refractivity contribution >= 4 is 54.3 Å². The summed E-state index contributed by atoms with van der Waals surface area (Å²) < 4.78 is 7.20. The van der Waals surface area contributed by atoms with Crippen LogP contribution in [0.1, 0.15) is 0 Å². The van der Waals surface area contributed by atoms with E-state index in [1.165, 1.54) is 10.1 Å². The fraction of sp³-hybridized carbons (Fsp3) is 0. The number of aromatic nitrogens is 3. The quantitative estimate of drug-likeness (QED) is 0.194. The number of nitrogens with zero attached hydrogens (tertiary/aromatic N) is 3. The fourth-order valence-corrected chi connectivity index (χ4v) is 6.93. The van der Waals surface area contributed by atoms with Crippen LogP contribution < -0.4 is 0 Å². The van der Waals surface area contributed by atoms with Crippen molar-refractivity contribution in [3.63, 3.8) is 0 Å². The molecule has 3 heterocycles. The Labute approximate surface area is 256 Å². The summed E-state index contributed by atoms with van der Waals surface area (Å²) in [5, 5.41) is 4.47. The summed E-state index contributed by atoms with van der Waals surface area (Å²) in [5.41, 5.74) is 9.86. The minimum Gasteiger partial charge on any atom is -0.436 e. The van der Waals surface area contributed by atoms with E-state index in [0.29, 0.717) is 5.89 Å². The minimum atomic E-state index is 0.619. The molecule has 0 aliphatic carbocycles. The Kier molecular flexibility index (Phi) is 5.64. The summed E-state index contributed by atoms with van der Waals surface area (Å²) in [6, 6.07) is 48.2. The molecule has 0 saturated carbocycles. The lowest BCUT2D eigenvalue weighted by Gasteiger charge is -2.13. The molecule has 3 aromatic heterocycles. The molecule has 0 radical (unpaired) electrons. The second-order valence-corrected chi connectivity index (χ2v) is 11.9. The topological polar surface area (TPSA) is 51.8 Å². The highest BCUT2D eigenvalue weighted by Crippen LogP contribution is 2.39. The van der Waals surface area contributed by atoms with Crippen molar-refractivity contribution in [1.82, 2.24) is 15.0 Å². The number of para-hydroxylation sites is 4. The molecule has 9 aromatic rings. The molecule has 9 rings (SSSR count). The molecule has 0 N–H and O–H groups in total. The van der Waals surface area contributed by atoms with Gasteiger partial charge in [-0.3, -0.25) is 0 Å². The summed E-state index contributed by atoms with van der Waals surface area (Å²) >= 11 is 1.71. The molecular formula is C39H23N3OS. The zero-order valence-corrected chi connectivity index (χ0v) is 24.3. The number of hydrogen-bond donors (Lipinski definition) is 0. The van der Waals surface area contributed by atoms with Crippen LogP contribution in [0, 0.1) is 0 Å². The van der Waals surface area contributed by atoms with Crippen molar-refractivity contribution in [1.29, 1.82) is 0 Å². The highest BCUT2D eigenvalue weighted by molar-refractivity contribution is 7.21. The van der Waals surface area contributed by atoms with E-state index < -0.39 is 0 Å². The summed E-state index contributed by atoms with van der Waals surface area (Å²) in [4.78, 5) is 14.9. The standard InChI is InChI=1S/C39H23N3OS/c1-2-11-31-29(9-1)30-10-3-4-12-32(30)40-37(31)27-21-26(22-28(23-27)39-42-34-14-6-8-16-36(34)44-39)24-17-19-25(20-18-24)38-41-33-13-5-7-15-35(33)43-38/h1-23H. The van der Waals surface area contributed by atoms with Crippen molar-refractivity contribution in [2.75, 3.05) is 0 Å². The summed E-state index contributed by atoms with van der Waals surface area (Å²) in [6.45, 7) is 0. The maximum absolute atomic E-state index is 6.03. The van der Waals surface area contributed by atoms with E-state index in [-0.39, 0.29) is 0 Å². The average molecular weight is 582 g/mol. The lowest BCUT2D eigenvalue weighted by Crippen LogP contribution is -1.92. The molecule has 0 amide bonds. The molecule has 0 aliphatic heterocycles. The van der Waals surface area contributed by atoms with Gasteiger partial charge in [0.1, 0.15) is 10.5 Å². The Balaban J connectivity index is 1.23. The molecule has 0 atom stereocenters. The SMILES string of the molecule is c1ccc2oc(-c3ccc(-c4cc(-c5nc6ccccc6s5)cc(-c5nc6ccccc6c6ccccc56)c4)cc3)nc2c1. The van der Waals surface area contributed by atoms with Crippen molar-refractivity contribution in [3.8, 4) is 44.4 Å². The zero-order valence-electron chi connectivity index (χ0n) is 23.4. The first-order valence-corrected chi connectivity index (χ1v) is 15.3. The van der Waals surface area contributed by atoms with Gasteiger partial charge in [0.25, 0.3) is 0 Å². The van der Waals surface area contributed by atoms with E-state index in [2.05, 4.69) is 114 Å². The number of oxazole rings is 1. The summed E-state index contributed by atoms with van der Waals surface area (Å²) in [5.74, 6) is 0.619. The number of benzene rings is 6. The van der Waals surface area contributed by atoms with E-state index in [4.69, 9.17) is 14.4 Å². The third-order valence-corrected chi connectivity index (χ3v) is 9.20. The molecule has 0 bridgehead atoms. The Morgan fingerprint density at radius 1 is 0.432 bits per heavy atom. The largest absolute Gasteiger partial charge is 0.436 e. The molecular weight excluding hydrogens is 559 g/mol. The van der Waals surface area contributed by atoms with Gasteiger partial charge in [-0.1, -0.05) is 78.9 Å². The maximum Gasteiger partial charge on any atom is 0.227 e. The first-order valence-electron chi connectivity index (χ1n) is 14.5. The number of pyridine rings is 1. The number of rotatable bonds is 4. The highest BCUT2D eigenvalue weighted by atomic mass is 32.1. The van der Waals surface area contributed by atoms with E-state index in [1.807, 2.05) is 30.3 Å². The molecule has 0 saturated heterocycles. The Bertz CT molecular complexity index is 2440. The minimum absolute atomic E-state index is 0.619. The monoisotopic (exact) mass is 581 g/mol. The van der Waals surface area contributed by atoms with E-state index >= 15 is 0 Å². The van der Waals surface area contributed by atoms with Gasteiger partial charge in [0, 0.05) is 27.5 Å². The lowest BCUT2D eigenvalue weighted by molar-refractivity contribution is 0.620. The highest BCUT2D eigenvalue weighted by Gasteiger charge is 2.16. The van der Waals surface area contributed by atoms with Crippen molar-refractivity contribution in [3.05, 3.63) is 140 Å². The van der Waals surface area contributed by atoms with Gasteiger partial charge in [0.2, 0.25) is 5.89 Å². The Morgan fingerprint density at radius 2 is 1.07 bits per heavy atom. The second kappa shape index (κ2) is 9.97. The zero-order chi connectivity index (χ0) is 29.0. The maximum atomic E-state index is 6.03. The van der Waals surface area contributed by atoms with Crippen molar-refractivity contribution in [2.45, 2.75) is 0 Å². The fourth-order valence-electron chi connectivity index (χ4n) is 5.98. The first-order chi connectivity index (χ1) is 21.8. The summed E-state index contributed by atoms with van der Waals surface area (Å²) in [6.07, 6.45) is 0.